The van der Waals surface area contributed by atoms with E-state index in [1.54, 1.807) is 6.92 Å². The number of quaternary nitrogens is 1. The van der Waals surface area contributed by atoms with Gasteiger partial charge in [-0.15, -0.1) is 0 Å². The van der Waals surface area contributed by atoms with E-state index in [9.17, 15) is 10.2 Å². The molecule has 4 atom stereocenters. The number of aliphatic hydroxyl groups is 9. The van der Waals surface area contributed by atoms with Gasteiger partial charge in [-0.2, -0.15) is 0 Å². The minimum atomic E-state index is -1.51. The van der Waals surface area contributed by atoms with Crippen LogP contribution in [0, 0.1) is 5.41 Å². The van der Waals surface area contributed by atoms with Gasteiger partial charge < -0.3 is 51.3 Å². The van der Waals surface area contributed by atoms with Crippen molar-refractivity contribution in [3.8, 4) is 0 Å². The minimum absolute atomic E-state index is 0.181. The number of rotatable bonds is 13. The van der Waals surface area contributed by atoms with Gasteiger partial charge in [0.15, 0.2) is 0 Å². The molecule has 0 aromatic heterocycles. The summed E-state index contributed by atoms with van der Waals surface area (Å²) in [4.78, 5) is 0. The molecule has 0 unspecified atom stereocenters. The summed E-state index contributed by atoms with van der Waals surface area (Å²) < 4.78 is 0. The van der Waals surface area contributed by atoms with Crippen LogP contribution in [-0.2, 0) is 0 Å². The highest BCUT2D eigenvalue weighted by molar-refractivity contribution is 4.80. The number of nitrogens with two attached hydrogens (primary N) is 1. The summed E-state index contributed by atoms with van der Waals surface area (Å²) in [6.45, 7) is 6.68. The van der Waals surface area contributed by atoms with E-state index in [1.165, 1.54) is 6.42 Å². The Morgan fingerprint density at radius 2 is 1.18 bits per heavy atom. The second-order valence-electron chi connectivity index (χ2n) is 6.96. The van der Waals surface area contributed by atoms with Crippen LogP contribution in [0.1, 0.15) is 40.0 Å². The standard InChI is InChI=1S/C8H18O5.C5H13NO.C5H12O3/c1-2-3-5(10)7(12)8(13)6(11)4-9;1-2-3-6-4-5-7;1-5(2-6,3-7)4-8/h5-13H,2-4H2,1H3;6-7H,2-5H2,1H3;6-8H,2-4H2,1H3/p+1/t5-,6+,7+,8+;;/m0../s1. The Morgan fingerprint density at radius 3 is 1.46 bits per heavy atom. The lowest BCUT2D eigenvalue weighted by molar-refractivity contribution is -0.655. The van der Waals surface area contributed by atoms with Gasteiger partial charge >= 0.3 is 0 Å². The lowest BCUT2D eigenvalue weighted by Crippen LogP contribution is -2.85. The summed E-state index contributed by atoms with van der Waals surface area (Å²) in [5, 5.41) is 80.8. The molecule has 28 heavy (non-hydrogen) atoms. The molecule has 0 rings (SSSR count). The molecule has 0 spiro atoms. The molecule has 0 radical (unpaired) electrons. The molecular weight excluding hydrogens is 374 g/mol. The van der Waals surface area contributed by atoms with E-state index in [2.05, 4.69) is 12.2 Å². The van der Waals surface area contributed by atoms with Crippen LogP contribution < -0.4 is 5.32 Å². The van der Waals surface area contributed by atoms with Crippen molar-refractivity contribution in [1.29, 1.82) is 0 Å². The van der Waals surface area contributed by atoms with Crippen molar-refractivity contribution in [1.82, 2.24) is 0 Å². The van der Waals surface area contributed by atoms with Crippen LogP contribution >= 0.6 is 0 Å². The van der Waals surface area contributed by atoms with Crippen LogP contribution in [-0.4, -0.2) is 116 Å². The molecule has 0 aromatic rings. The van der Waals surface area contributed by atoms with Crippen molar-refractivity contribution in [3.63, 3.8) is 0 Å². The SMILES string of the molecule is CC(CO)(CO)CO.CCC[C@H](O)[C@@H](O)[C@H](O)[C@H](O)CO.CCC[NH2+]CCO. The fraction of sp³-hybridized carbons (Fsp3) is 1.00. The van der Waals surface area contributed by atoms with Gasteiger partial charge in [0, 0.05) is 5.41 Å². The molecule has 10 heteroatoms. The summed E-state index contributed by atoms with van der Waals surface area (Å²) >= 11 is 0. The second-order valence-corrected chi connectivity index (χ2v) is 6.96. The van der Waals surface area contributed by atoms with E-state index in [-0.39, 0.29) is 19.8 Å². The van der Waals surface area contributed by atoms with Crippen molar-refractivity contribution >= 4 is 0 Å². The highest BCUT2D eigenvalue weighted by atomic mass is 16.4. The van der Waals surface area contributed by atoms with Gasteiger partial charge in [-0.25, -0.2) is 0 Å². The van der Waals surface area contributed by atoms with Crippen LogP contribution in [0.2, 0.25) is 0 Å². The molecule has 0 saturated heterocycles. The van der Waals surface area contributed by atoms with Crippen molar-refractivity contribution < 1.29 is 51.3 Å². The van der Waals surface area contributed by atoms with Gasteiger partial charge in [0.2, 0.25) is 0 Å². The zero-order valence-corrected chi connectivity index (χ0v) is 17.5. The van der Waals surface area contributed by atoms with Crippen LogP contribution in [0.4, 0.5) is 0 Å². The largest absolute Gasteiger partial charge is 0.396 e. The molecule has 11 N–H and O–H groups in total. The minimum Gasteiger partial charge on any atom is -0.396 e. The second kappa shape index (κ2) is 21.3. The molecule has 0 bridgehead atoms. The van der Waals surface area contributed by atoms with E-state index >= 15 is 0 Å². The Bertz CT molecular complexity index is 295. The van der Waals surface area contributed by atoms with E-state index in [4.69, 9.17) is 35.7 Å². The van der Waals surface area contributed by atoms with Crippen molar-refractivity contribution in [3.05, 3.63) is 0 Å². The first-order valence-corrected chi connectivity index (χ1v) is 9.72. The third-order valence-corrected chi connectivity index (χ3v) is 3.88. The Hall–Kier alpha value is -0.400. The van der Waals surface area contributed by atoms with Gasteiger partial charge in [0.05, 0.1) is 52.2 Å². The van der Waals surface area contributed by atoms with Gasteiger partial charge in [0.25, 0.3) is 0 Å². The topological polar surface area (TPSA) is 199 Å². The molecule has 0 aromatic carbocycles. The molecule has 0 fully saturated rings. The molecule has 0 aliphatic carbocycles. The van der Waals surface area contributed by atoms with Crippen LogP contribution in [0.15, 0.2) is 0 Å². The maximum absolute atomic E-state index is 9.25. The maximum Gasteiger partial charge on any atom is 0.110 e. The van der Waals surface area contributed by atoms with Crippen LogP contribution in [0.5, 0.6) is 0 Å². The molecule has 0 heterocycles. The summed E-state index contributed by atoms with van der Waals surface area (Å²) in [7, 11) is 0. The average molecular weight is 419 g/mol. The summed E-state index contributed by atoms with van der Waals surface area (Å²) in [5.74, 6) is 0. The first-order valence-electron chi connectivity index (χ1n) is 9.72. The third kappa shape index (κ3) is 17.7. The molecular formula is C18H44NO9+. The Morgan fingerprint density at radius 1 is 0.714 bits per heavy atom. The molecule has 0 aliphatic heterocycles. The van der Waals surface area contributed by atoms with E-state index in [0.29, 0.717) is 19.4 Å². The lowest BCUT2D eigenvalue weighted by Gasteiger charge is -2.25. The molecule has 0 aliphatic rings. The molecule has 10 nitrogen and oxygen atoms in total. The number of hydrogen-bond acceptors (Lipinski definition) is 9. The van der Waals surface area contributed by atoms with Crippen molar-refractivity contribution in [2.24, 2.45) is 5.41 Å². The summed E-state index contributed by atoms with van der Waals surface area (Å²) in [6, 6.07) is 0. The first kappa shape index (κ1) is 32.3. The first-order chi connectivity index (χ1) is 13.1. The Balaban J connectivity index is -0.000000359. The molecule has 0 amide bonds. The third-order valence-electron chi connectivity index (χ3n) is 3.88. The van der Waals surface area contributed by atoms with Crippen LogP contribution in [0.25, 0.3) is 0 Å². The average Bonchev–Trinajstić information content (AvgIpc) is 2.72. The van der Waals surface area contributed by atoms with Crippen molar-refractivity contribution in [2.45, 2.75) is 64.4 Å². The highest BCUT2D eigenvalue weighted by Gasteiger charge is 2.29. The number of hydrogen-bond donors (Lipinski definition) is 10. The van der Waals surface area contributed by atoms with Crippen LogP contribution in [0.3, 0.4) is 0 Å². The van der Waals surface area contributed by atoms with E-state index < -0.39 is 36.4 Å². The summed E-state index contributed by atoms with van der Waals surface area (Å²) in [6.07, 6.45) is -3.20. The Kier molecular flexibility index (Phi) is 24.6. The van der Waals surface area contributed by atoms with E-state index in [1.807, 2.05) is 6.92 Å². The van der Waals surface area contributed by atoms with Crippen molar-refractivity contribution in [2.75, 3.05) is 46.1 Å². The predicted molar refractivity (Wildman–Crippen MR) is 104 cm³/mol. The number of aliphatic hydroxyl groups excluding tert-OH is 9. The zero-order valence-electron chi connectivity index (χ0n) is 17.5. The highest BCUT2D eigenvalue weighted by Crippen LogP contribution is 2.11. The Labute approximate surface area is 168 Å². The fourth-order valence-electron chi connectivity index (χ4n) is 1.62. The monoisotopic (exact) mass is 418 g/mol. The van der Waals surface area contributed by atoms with Gasteiger partial charge in [-0.05, 0) is 12.8 Å². The molecule has 174 valence electrons. The normalized spacial score (nSPS) is 15.4. The van der Waals surface area contributed by atoms with Gasteiger partial charge in [0.1, 0.15) is 18.3 Å². The smallest absolute Gasteiger partial charge is 0.110 e. The zero-order chi connectivity index (χ0) is 22.6. The summed E-state index contributed by atoms with van der Waals surface area (Å²) in [5.41, 5.74) is -0.708. The van der Waals surface area contributed by atoms with Gasteiger partial charge in [-0.3, -0.25) is 0 Å². The predicted octanol–water partition coefficient (Wildman–Crippen LogP) is -3.86. The molecule has 0 saturated carbocycles. The lowest BCUT2D eigenvalue weighted by atomic mass is 9.95. The maximum atomic E-state index is 9.25. The van der Waals surface area contributed by atoms with Gasteiger partial charge in [-0.1, -0.05) is 27.2 Å². The quantitative estimate of drug-likeness (QED) is 0.133. The van der Waals surface area contributed by atoms with E-state index in [0.717, 1.165) is 13.1 Å². The fourth-order valence-corrected chi connectivity index (χ4v) is 1.62.